The molecule has 0 radical (unpaired) electrons. The highest BCUT2D eigenvalue weighted by molar-refractivity contribution is 5.61. The van der Waals surface area contributed by atoms with Crippen molar-refractivity contribution >= 4 is 11.6 Å². The standard InChI is InChI=1S/C14H18N4O3/c1-21-13-8-10(9-15-6-7-19)16-14(18-13)17-11-4-2-3-5-12(11)20/h2-5,8,15,19-20H,6-7,9H2,1H3,(H,16,17,18). The average Bonchev–Trinajstić information content (AvgIpc) is 2.50. The number of hydrogen-bond acceptors (Lipinski definition) is 7. The third-order valence-corrected chi connectivity index (χ3v) is 2.71. The number of aromatic hydroxyl groups is 1. The summed E-state index contributed by atoms with van der Waals surface area (Å²) in [5.41, 5.74) is 1.23. The number of phenols is 1. The van der Waals surface area contributed by atoms with E-state index in [1.807, 2.05) is 0 Å². The summed E-state index contributed by atoms with van der Waals surface area (Å²) < 4.78 is 5.14. The van der Waals surface area contributed by atoms with Crippen molar-refractivity contribution in [3.8, 4) is 11.6 Å². The quantitative estimate of drug-likeness (QED) is 0.446. The van der Waals surface area contributed by atoms with Crippen LogP contribution in [0.5, 0.6) is 11.6 Å². The molecule has 4 N–H and O–H groups in total. The Hall–Kier alpha value is -2.38. The second-order valence-corrected chi connectivity index (χ2v) is 4.27. The Balaban J connectivity index is 2.18. The number of aromatic nitrogens is 2. The lowest BCUT2D eigenvalue weighted by Gasteiger charge is -2.10. The highest BCUT2D eigenvalue weighted by Crippen LogP contribution is 2.25. The SMILES string of the molecule is COc1cc(CNCCO)nc(Nc2ccccc2O)n1. The predicted octanol–water partition coefficient (Wildman–Crippen LogP) is 1.02. The molecule has 0 aliphatic rings. The number of methoxy groups -OCH3 is 1. The normalized spacial score (nSPS) is 10.4. The molecule has 0 saturated carbocycles. The molecule has 0 unspecified atom stereocenters. The topological polar surface area (TPSA) is 99.5 Å². The number of aliphatic hydroxyl groups is 1. The van der Waals surface area contributed by atoms with E-state index in [0.717, 1.165) is 0 Å². The first kappa shape index (κ1) is 15.0. The summed E-state index contributed by atoms with van der Waals surface area (Å²) in [6.45, 7) is 1.02. The minimum Gasteiger partial charge on any atom is -0.506 e. The molecule has 1 heterocycles. The summed E-state index contributed by atoms with van der Waals surface area (Å²) in [7, 11) is 1.52. The van der Waals surface area contributed by atoms with E-state index in [1.54, 1.807) is 30.3 Å². The molecule has 0 aliphatic carbocycles. The maximum absolute atomic E-state index is 9.75. The van der Waals surface area contributed by atoms with E-state index in [9.17, 15) is 5.11 Å². The van der Waals surface area contributed by atoms with Gasteiger partial charge in [-0.1, -0.05) is 12.1 Å². The number of phenolic OH excluding ortho intramolecular Hbond substituents is 1. The smallest absolute Gasteiger partial charge is 0.230 e. The summed E-state index contributed by atoms with van der Waals surface area (Å²) in [5, 5.41) is 24.5. The molecule has 1 aromatic carbocycles. The zero-order chi connectivity index (χ0) is 15.1. The van der Waals surface area contributed by atoms with Crippen LogP contribution in [0, 0.1) is 0 Å². The van der Waals surface area contributed by atoms with Gasteiger partial charge in [0.2, 0.25) is 11.8 Å². The summed E-state index contributed by atoms with van der Waals surface area (Å²) in [6, 6.07) is 8.54. The molecule has 0 saturated heterocycles. The molecule has 7 heteroatoms. The molecule has 2 aromatic rings. The second-order valence-electron chi connectivity index (χ2n) is 4.27. The first-order valence-electron chi connectivity index (χ1n) is 6.51. The fourth-order valence-corrected chi connectivity index (χ4v) is 1.72. The number of ether oxygens (including phenoxy) is 1. The van der Waals surface area contributed by atoms with Crippen LogP contribution in [0.4, 0.5) is 11.6 Å². The summed E-state index contributed by atoms with van der Waals surface area (Å²) in [5.74, 6) is 0.865. The predicted molar refractivity (Wildman–Crippen MR) is 78.8 cm³/mol. The summed E-state index contributed by atoms with van der Waals surface area (Å²) >= 11 is 0. The van der Waals surface area contributed by atoms with E-state index in [4.69, 9.17) is 9.84 Å². The monoisotopic (exact) mass is 290 g/mol. The number of para-hydroxylation sites is 2. The Morgan fingerprint density at radius 2 is 2.05 bits per heavy atom. The number of benzene rings is 1. The van der Waals surface area contributed by atoms with Crippen molar-refractivity contribution in [3.05, 3.63) is 36.0 Å². The molecular formula is C14H18N4O3. The van der Waals surface area contributed by atoms with Crippen LogP contribution < -0.4 is 15.4 Å². The Bertz CT molecular complexity index is 592. The Morgan fingerprint density at radius 3 is 2.76 bits per heavy atom. The van der Waals surface area contributed by atoms with Gasteiger partial charge in [0.05, 0.1) is 25.1 Å². The van der Waals surface area contributed by atoms with E-state index in [0.29, 0.717) is 36.3 Å². The highest BCUT2D eigenvalue weighted by atomic mass is 16.5. The van der Waals surface area contributed by atoms with Crippen LogP contribution in [0.15, 0.2) is 30.3 Å². The second kappa shape index (κ2) is 7.41. The summed E-state index contributed by atoms with van der Waals surface area (Å²) in [6.07, 6.45) is 0. The lowest BCUT2D eigenvalue weighted by atomic mass is 10.3. The minimum absolute atomic E-state index is 0.0607. The molecule has 0 fully saturated rings. The Morgan fingerprint density at radius 1 is 1.24 bits per heavy atom. The first-order chi connectivity index (χ1) is 10.2. The van der Waals surface area contributed by atoms with Crippen LogP contribution in [0.1, 0.15) is 5.69 Å². The Kier molecular flexibility index (Phi) is 5.30. The molecule has 0 bridgehead atoms. The average molecular weight is 290 g/mol. The molecule has 0 atom stereocenters. The maximum atomic E-state index is 9.75. The Labute approximate surface area is 122 Å². The molecule has 7 nitrogen and oxygen atoms in total. The molecule has 1 aromatic heterocycles. The fraction of sp³-hybridized carbons (Fsp3) is 0.286. The van der Waals surface area contributed by atoms with Crippen LogP contribution in [0.2, 0.25) is 0 Å². The lowest BCUT2D eigenvalue weighted by Crippen LogP contribution is -2.18. The van der Waals surface area contributed by atoms with Crippen LogP contribution in [0.3, 0.4) is 0 Å². The van der Waals surface area contributed by atoms with Crippen molar-refractivity contribution < 1.29 is 14.9 Å². The maximum Gasteiger partial charge on any atom is 0.230 e. The molecule has 21 heavy (non-hydrogen) atoms. The van der Waals surface area contributed by atoms with Crippen LogP contribution >= 0.6 is 0 Å². The molecule has 0 spiro atoms. The van der Waals surface area contributed by atoms with Gasteiger partial charge in [0.1, 0.15) is 5.75 Å². The van der Waals surface area contributed by atoms with Crippen molar-refractivity contribution in [2.45, 2.75) is 6.54 Å². The van der Waals surface area contributed by atoms with Crippen molar-refractivity contribution in [1.29, 1.82) is 0 Å². The number of nitrogens with one attached hydrogen (secondary N) is 2. The molecule has 0 aliphatic heterocycles. The fourth-order valence-electron chi connectivity index (χ4n) is 1.72. The van der Waals surface area contributed by atoms with Crippen LogP contribution in [-0.4, -0.2) is 40.4 Å². The van der Waals surface area contributed by atoms with Crippen molar-refractivity contribution in [2.75, 3.05) is 25.6 Å². The van der Waals surface area contributed by atoms with E-state index < -0.39 is 0 Å². The van der Waals surface area contributed by atoms with Gasteiger partial charge in [0, 0.05) is 19.2 Å². The van der Waals surface area contributed by atoms with Crippen LogP contribution in [0.25, 0.3) is 0 Å². The van der Waals surface area contributed by atoms with Gasteiger partial charge in [-0.3, -0.25) is 0 Å². The van der Waals surface area contributed by atoms with Gasteiger partial charge >= 0.3 is 0 Å². The molecule has 0 amide bonds. The van der Waals surface area contributed by atoms with Gasteiger partial charge in [-0.2, -0.15) is 4.98 Å². The van der Waals surface area contributed by atoms with Gasteiger partial charge in [0.15, 0.2) is 0 Å². The van der Waals surface area contributed by atoms with E-state index in [1.165, 1.54) is 7.11 Å². The van der Waals surface area contributed by atoms with Gasteiger partial charge in [-0.25, -0.2) is 4.98 Å². The molecule has 2 rings (SSSR count). The third-order valence-electron chi connectivity index (χ3n) is 2.71. The van der Waals surface area contributed by atoms with E-state index in [2.05, 4.69) is 20.6 Å². The lowest BCUT2D eigenvalue weighted by molar-refractivity contribution is 0.291. The zero-order valence-electron chi connectivity index (χ0n) is 11.7. The van der Waals surface area contributed by atoms with Gasteiger partial charge < -0.3 is 25.6 Å². The van der Waals surface area contributed by atoms with E-state index in [-0.39, 0.29) is 12.4 Å². The third kappa shape index (κ3) is 4.30. The first-order valence-corrected chi connectivity index (χ1v) is 6.51. The van der Waals surface area contributed by atoms with Crippen molar-refractivity contribution in [1.82, 2.24) is 15.3 Å². The van der Waals surface area contributed by atoms with Crippen LogP contribution in [-0.2, 0) is 6.54 Å². The highest BCUT2D eigenvalue weighted by Gasteiger charge is 2.07. The summed E-state index contributed by atoms with van der Waals surface area (Å²) in [4.78, 5) is 8.52. The minimum atomic E-state index is 0.0607. The van der Waals surface area contributed by atoms with Gasteiger partial charge in [0.25, 0.3) is 0 Å². The van der Waals surface area contributed by atoms with Gasteiger partial charge in [-0.15, -0.1) is 0 Å². The largest absolute Gasteiger partial charge is 0.506 e. The molecule has 112 valence electrons. The number of hydrogen-bond donors (Lipinski definition) is 4. The number of nitrogens with zero attached hydrogens (tertiary/aromatic N) is 2. The zero-order valence-corrected chi connectivity index (χ0v) is 11.7. The molecular weight excluding hydrogens is 272 g/mol. The van der Waals surface area contributed by atoms with Crippen molar-refractivity contribution in [3.63, 3.8) is 0 Å². The van der Waals surface area contributed by atoms with Crippen molar-refractivity contribution in [2.24, 2.45) is 0 Å². The van der Waals surface area contributed by atoms with Gasteiger partial charge in [-0.05, 0) is 12.1 Å². The van der Waals surface area contributed by atoms with E-state index >= 15 is 0 Å². The number of rotatable bonds is 7. The number of anilines is 2. The number of aliphatic hydroxyl groups excluding tert-OH is 1.